The van der Waals surface area contributed by atoms with Crippen LogP contribution >= 0.6 is 11.3 Å². The van der Waals surface area contributed by atoms with Crippen molar-refractivity contribution in [3.8, 4) is 10.6 Å². The van der Waals surface area contributed by atoms with E-state index in [1.165, 1.54) is 23.5 Å². The van der Waals surface area contributed by atoms with Crippen LogP contribution in [0.3, 0.4) is 0 Å². The minimum atomic E-state index is -4.98. The Morgan fingerprint density at radius 2 is 1.80 bits per heavy atom. The van der Waals surface area contributed by atoms with Crippen molar-refractivity contribution in [2.24, 2.45) is 0 Å². The van der Waals surface area contributed by atoms with E-state index >= 15 is 0 Å². The summed E-state index contributed by atoms with van der Waals surface area (Å²) in [4.78, 5) is 26.4. The highest BCUT2D eigenvalue weighted by Gasteiger charge is 2.39. The quantitative estimate of drug-likeness (QED) is 0.641. The molecule has 0 aliphatic rings. The minimum absolute atomic E-state index is 0.0721. The predicted molar refractivity (Wildman–Crippen MR) is 67.6 cm³/mol. The smallest absolute Gasteiger partial charge is 0.294 e. The van der Waals surface area contributed by atoms with Gasteiger partial charge in [-0.1, -0.05) is 24.3 Å². The number of benzene rings is 1. The summed E-state index contributed by atoms with van der Waals surface area (Å²) in [5.74, 6) is -2.88. The van der Waals surface area contributed by atoms with Gasteiger partial charge in [0.1, 0.15) is 5.01 Å². The Kier molecular flexibility index (Phi) is 3.99. The second-order valence-electron chi connectivity index (χ2n) is 3.94. The molecular formula is C13H8F3NO2S. The second-order valence-corrected chi connectivity index (χ2v) is 4.83. The molecule has 2 rings (SSSR count). The van der Waals surface area contributed by atoms with Crippen molar-refractivity contribution in [2.75, 3.05) is 0 Å². The van der Waals surface area contributed by atoms with Gasteiger partial charge in [0, 0.05) is 22.7 Å². The fraction of sp³-hybridized carbons (Fsp3) is 0.154. The first kappa shape index (κ1) is 14.4. The third-order valence-electron chi connectivity index (χ3n) is 2.52. The van der Waals surface area contributed by atoms with Crippen LogP contribution in [0, 0.1) is 0 Å². The first-order valence-corrected chi connectivity index (χ1v) is 6.39. The summed E-state index contributed by atoms with van der Waals surface area (Å²) >= 11 is 1.41. The summed E-state index contributed by atoms with van der Waals surface area (Å²) in [6.07, 6.45) is -4.52. The van der Waals surface area contributed by atoms with Gasteiger partial charge in [-0.15, -0.1) is 11.3 Å². The van der Waals surface area contributed by atoms with E-state index in [-0.39, 0.29) is 5.56 Å². The fourth-order valence-electron chi connectivity index (χ4n) is 1.51. The van der Waals surface area contributed by atoms with Crippen molar-refractivity contribution in [1.82, 2.24) is 4.98 Å². The van der Waals surface area contributed by atoms with Crippen LogP contribution in [0.4, 0.5) is 13.2 Å². The molecule has 0 saturated carbocycles. The number of hydrogen-bond acceptors (Lipinski definition) is 4. The van der Waals surface area contributed by atoms with E-state index in [4.69, 9.17) is 0 Å². The van der Waals surface area contributed by atoms with Crippen molar-refractivity contribution in [3.63, 3.8) is 0 Å². The highest BCUT2D eigenvalue weighted by Crippen LogP contribution is 2.23. The van der Waals surface area contributed by atoms with E-state index in [1.807, 2.05) is 0 Å². The van der Waals surface area contributed by atoms with Gasteiger partial charge in [0.15, 0.2) is 5.78 Å². The highest BCUT2D eigenvalue weighted by molar-refractivity contribution is 7.13. The lowest BCUT2D eigenvalue weighted by molar-refractivity contribution is -0.170. The Bertz CT molecular complexity index is 618. The Labute approximate surface area is 116 Å². The molecule has 1 heterocycles. The molecule has 0 spiro atoms. The number of hydrogen-bond donors (Lipinski definition) is 0. The maximum absolute atomic E-state index is 12.1. The number of halogens is 3. The molecule has 0 fully saturated rings. The molecule has 1 aromatic carbocycles. The topological polar surface area (TPSA) is 47.0 Å². The Balaban J connectivity index is 2.10. The highest BCUT2D eigenvalue weighted by atomic mass is 32.1. The normalized spacial score (nSPS) is 11.3. The zero-order chi connectivity index (χ0) is 14.8. The average molecular weight is 299 g/mol. The van der Waals surface area contributed by atoms with Crippen LogP contribution in [0.15, 0.2) is 35.8 Å². The Morgan fingerprint density at radius 1 is 1.15 bits per heavy atom. The molecule has 3 nitrogen and oxygen atoms in total. The van der Waals surface area contributed by atoms with E-state index < -0.39 is 24.2 Å². The first-order chi connectivity index (χ1) is 9.38. The molecular weight excluding hydrogens is 291 g/mol. The number of nitrogens with zero attached hydrogens (tertiary/aromatic N) is 1. The van der Waals surface area contributed by atoms with Gasteiger partial charge >= 0.3 is 6.18 Å². The maximum atomic E-state index is 12.1. The molecule has 20 heavy (non-hydrogen) atoms. The number of ketones is 2. The molecule has 0 radical (unpaired) electrons. The molecule has 2 aromatic rings. The van der Waals surface area contributed by atoms with Crippen LogP contribution < -0.4 is 0 Å². The molecule has 0 atom stereocenters. The molecule has 0 aliphatic heterocycles. The number of thiazole rings is 1. The number of rotatable bonds is 4. The molecule has 0 N–H and O–H groups in total. The van der Waals surface area contributed by atoms with Gasteiger partial charge in [0.2, 0.25) is 5.78 Å². The number of Topliss-reactive ketones (excluding diaryl/α,β-unsaturated/α-hetero) is 2. The van der Waals surface area contributed by atoms with Gasteiger partial charge in [-0.25, -0.2) is 4.98 Å². The molecule has 0 amide bonds. The van der Waals surface area contributed by atoms with Crippen LogP contribution in [0.1, 0.15) is 16.8 Å². The summed E-state index contributed by atoms with van der Waals surface area (Å²) in [6.45, 7) is 0. The van der Waals surface area contributed by atoms with Gasteiger partial charge in [-0.2, -0.15) is 13.2 Å². The fourth-order valence-corrected chi connectivity index (χ4v) is 2.16. The number of alkyl halides is 3. The van der Waals surface area contributed by atoms with Crippen molar-refractivity contribution >= 4 is 22.9 Å². The zero-order valence-corrected chi connectivity index (χ0v) is 10.8. The Hall–Kier alpha value is -2.02. The van der Waals surface area contributed by atoms with E-state index in [0.29, 0.717) is 0 Å². The lowest BCUT2D eigenvalue weighted by Crippen LogP contribution is -2.25. The number of aromatic nitrogens is 1. The SMILES string of the molecule is O=C(CC(=O)C(F)(F)F)c1ccc(-c2nccs2)cc1. The lowest BCUT2D eigenvalue weighted by Gasteiger charge is -2.05. The second kappa shape index (κ2) is 5.54. The van der Waals surface area contributed by atoms with Gasteiger partial charge in [-0.05, 0) is 0 Å². The van der Waals surface area contributed by atoms with Crippen LogP contribution in [0.5, 0.6) is 0 Å². The molecule has 0 saturated heterocycles. The van der Waals surface area contributed by atoms with Crippen LogP contribution in [-0.2, 0) is 4.79 Å². The summed E-state index contributed by atoms with van der Waals surface area (Å²) in [5, 5.41) is 2.53. The van der Waals surface area contributed by atoms with E-state index in [9.17, 15) is 22.8 Å². The van der Waals surface area contributed by atoms with Crippen molar-refractivity contribution < 1.29 is 22.8 Å². The average Bonchev–Trinajstić information content (AvgIpc) is 2.91. The molecule has 1 aromatic heterocycles. The van der Waals surface area contributed by atoms with Crippen molar-refractivity contribution in [3.05, 3.63) is 41.4 Å². The molecule has 0 unspecified atom stereocenters. The molecule has 0 bridgehead atoms. The third kappa shape index (κ3) is 3.30. The summed E-state index contributed by atoms with van der Waals surface area (Å²) in [5.41, 5.74) is 0.835. The van der Waals surface area contributed by atoms with Crippen LogP contribution in [0.2, 0.25) is 0 Å². The van der Waals surface area contributed by atoms with Crippen LogP contribution in [-0.4, -0.2) is 22.7 Å². The monoisotopic (exact) mass is 299 g/mol. The Morgan fingerprint density at radius 3 is 2.30 bits per heavy atom. The molecule has 7 heteroatoms. The van der Waals surface area contributed by atoms with Gasteiger partial charge in [-0.3, -0.25) is 9.59 Å². The zero-order valence-electron chi connectivity index (χ0n) is 9.98. The van der Waals surface area contributed by atoms with E-state index in [1.54, 1.807) is 23.7 Å². The summed E-state index contributed by atoms with van der Waals surface area (Å²) < 4.78 is 36.2. The predicted octanol–water partition coefficient (Wildman–Crippen LogP) is 3.51. The summed E-state index contributed by atoms with van der Waals surface area (Å²) in [6, 6.07) is 5.96. The van der Waals surface area contributed by atoms with Gasteiger partial charge < -0.3 is 0 Å². The lowest BCUT2D eigenvalue weighted by atomic mass is 10.0. The number of carbonyl (C=O) groups excluding carboxylic acids is 2. The minimum Gasteiger partial charge on any atom is -0.294 e. The molecule has 0 aliphatic carbocycles. The third-order valence-corrected chi connectivity index (χ3v) is 3.35. The first-order valence-electron chi connectivity index (χ1n) is 5.51. The largest absolute Gasteiger partial charge is 0.450 e. The van der Waals surface area contributed by atoms with Gasteiger partial charge in [0.25, 0.3) is 0 Å². The van der Waals surface area contributed by atoms with E-state index in [0.717, 1.165) is 10.6 Å². The van der Waals surface area contributed by atoms with Crippen molar-refractivity contribution in [2.45, 2.75) is 12.6 Å². The summed E-state index contributed by atoms with van der Waals surface area (Å²) in [7, 11) is 0. The van der Waals surface area contributed by atoms with Crippen LogP contribution in [0.25, 0.3) is 10.6 Å². The van der Waals surface area contributed by atoms with E-state index in [2.05, 4.69) is 4.98 Å². The van der Waals surface area contributed by atoms with Gasteiger partial charge in [0.05, 0.1) is 6.42 Å². The standard InChI is InChI=1S/C13H8F3NO2S/c14-13(15,16)11(19)7-10(18)8-1-3-9(4-2-8)12-17-5-6-20-12/h1-6H,7H2. The van der Waals surface area contributed by atoms with Crippen molar-refractivity contribution in [1.29, 1.82) is 0 Å². The number of carbonyl (C=O) groups is 2. The maximum Gasteiger partial charge on any atom is 0.450 e. The molecule has 104 valence electrons.